The van der Waals surface area contributed by atoms with Crippen LogP contribution in [0.5, 0.6) is 0 Å². The zero-order valence-electron chi connectivity index (χ0n) is 10.9. The molecule has 2 aromatic rings. The van der Waals surface area contributed by atoms with Crippen molar-refractivity contribution in [2.45, 2.75) is 20.8 Å². The molecule has 1 aromatic heterocycles. The molecule has 0 aliphatic heterocycles. The fourth-order valence-corrected chi connectivity index (χ4v) is 2.47. The Labute approximate surface area is 124 Å². The van der Waals surface area contributed by atoms with Crippen LogP contribution in [0.3, 0.4) is 0 Å². The van der Waals surface area contributed by atoms with Crippen LogP contribution in [-0.2, 0) is 4.79 Å². The van der Waals surface area contributed by atoms with Gasteiger partial charge in [0, 0.05) is 9.49 Å². The quantitative estimate of drug-likeness (QED) is 0.797. The van der Waals surface area contributed by atoms with Crippen molar-refractivity contribution in [1.82, 2.24) is 9.97 Å². The predicted octanol–water partition coefficient (Wildman–Crippen LogP) is 2.43. The molecule has 0 saturated heterocycles. The summed E-state index contributed by atoms with van der Waals surface area (Å²) in [5.74, 6) is -0.148. The van der Waals surface area contributed by atoms with Gasteiger partial charge in [-0.3, -0.25) is 19.9 Å². The molecule has 5 nitrogen and oxygen atoms in total. The van der Waals surface area contributed by atoms with Gasteiger partial charge in [0.25, 0.3) is 5.56 Å². The summed E-state index contributed by atoms with van der Waals surface area (Å²) >= 11 is 2.16. The molecular weight excluding hydrogens is 357 g/mol. The minimum Gasteiger partial charge on any atom is -0.296 e. The number of H-pyrrole nitrogens is 1. The zero-order chi connectivity index (χ0) is 14.2. The van der Waals surface area contributed by atoms with Crippen molar-refractivity contribution in [3.8, 4) is 0 Å². The van der Waals surface area contributed by atoms with E-state index < -0.39 is 0 Å². The lowest BCUT2D eigenvalue weighted by Crippen LogP contribution is -2.22. The molecular formula is C13H14IN3O2. The highest BCUT2D eigenvalue weighted by Crippen LogP contribution is 2.18. The Hall–Kier alpha value is -1.44. The van der Waals surface area contributed by atoms with E-state index in [2.05, 4.69) is 37.9 Å². The molecule has 0 radical (unpaired) electrons. The number of aromatic amines is 1. The van der Waals surface area contributed by atoms with Gasteiger partial charge >= 0.3 is 0 Å². The summed E-state index contributed by atoms with van der Waals surface area (Å²) in [5.41, 5.74) is 1.28. The van der Waals surface area contributed by atoms with Gasteiger partial charge in [-0.05, 0) is 47.2 Å². The maximum atomic E-state index is 12.0. The molecule has 0 saturated carbocycles. The van der Waals surface area contributed by atoms with E-state index in [1.165, 1.54) is 0 Å². The minimum atomic E-state index is -0.245. The van der Waals surface area contributed by atoms with Crippen LogP contribution in [0.2, 0.25) is 0 Å². The van der Waals surface area contributed by atoms with Gasteiger partial charge in [-0.2, -0.15) is 0 Å². The Morgan fingerprint density at radius 3 is 2.74 bits per heavy atom. The summed E-state index contributed by atoms with van der Waals surface area (Å²) in [4.78, 5) is 30.5. The first kappa shape index (κ1) is 14.0. The summed E-state index contributed by atoms with van der Waals surface area (Å²) in [7, 11) is 0. The van der Waals surface area contributed by atoms with Crippen LogP contribution in [0.4, 0.5) is 5.95 Å². The molecule has 2 N–H and O–H groups in total. The Morgan fingerprint density at radius 2 is 2.11 bits per heavy atom. The number of rotatable bonds is 2. The van der Waals surface area contributed by atoms with Crippen LogP contribution < -0.4 is 10.9 Å². The van der Waals surface area contributed by atoms with E-state index >= 15 is 0 Å². The zero-order valence-corrected chi connectivity index (χ0v) is 13.0. The summed E-state index contributed by atoms with van der Waals surface area (Å²) in [6.07, 6.45) is 0. The Morgan fingerprint density at radius 1 is 1.42 bits per heavy atom. The van der Waals surface area contributed by atoms with E-state index in [1.807, 2.05) is 13.0 Å². The lowest BCUT2D eigenvalue weighted by molar-refractivity contribution is -0.118. The lowest BCUT2D eigenvalue weighted by Gasteiger charge is -2.08. The van der Waals surface area contributed by atoms with Crippen LogP contribution in [0.1, 0.15) is 19.4 Å². The number of hydrogen-bond donors (Lipinski definition) is 2. The second-order valence-corrected chi connectivity index (χ2v) is 5.92. The number of benzene rings is 1. The van der Waals surface area contributed by atoms with Crippen molar-refractivity contribution >= 4 is 45.3 Å². The molecule has 0 aliphatic carbocycles. The minimum absolute atomic E-state index is 0.168. The molecule has 0 unspecified atom stereocenters. The number of fused-ring (bicyclic) bond motifs is 1. The molecule has 0 spiro atoms. The number of nitrogens with one attached hydrogen (secondary N) is 2. The molecule has 1 aromatic carbocycles. The summed E-state index contributed by atoms with van der Waals surface area (Å²) in [5, 5.41) is 3.14. The van der Waals surface area contributed by atoms with Crippen LogP contribution in [0.25, 0.3) is 10.9 Å². The summed E-state index contributed by atoms with van der Waals surface area (Å²) in [6, 6.07) is 3.73. The molecule has 2 rings (SSSR count). The molecule has 1 heterocycles. The first-order chi connectivity index (χ1) is 8.88. The van der Waals surface area contributed by atoms with Gasteiger partial charge in [0.15, 0.2) is 0 Å². The van der Waals surface area contributed by atoms with Crippen molar-refractivity contribution < 1.29 is 4.79 Å². The van der Waals surface area contributed by atoms with E-state index in [4.69, 9.17) is 0 Å². The number of amides is 1. The first-order valence-electron chi connectivity index (χ1n) is 5.89. The van der Waals surface area contributed by atoms with Crippen molar-refractivity contribution in [3.05, 3.63) is 31.6 Å². The molecule has 1 amide bonds. The SMILES string of the molecule is Cc1cc(I)cc2c(=O)[nH]c(NC(=O)C(C)C)nc12. The fraction of sp³-hybridized carbons (Fsp3) is 0.308. The molecule has 0 aliphatic rings. The third-order valence-electron chi connectivity index (χ3n) is 2.73. The average Bonchev–Trinajstić information content (AvgIpc) is 2.30. The molecule has 0 atom stereocenters. The van der Waals surface area contributed by atoms with Gasteiger partial charge in [0.05, 0.1) is 10.9 Å². The lowest BCUT2D eigenvalue weighted by atomic mass is 10.1. The fourth-order valence-electron chi connectivity index (χ4n) is 1.69. The van der Waals surface area contributed by atoms with E-state index in [0.29, 0.717) is 10.9 Å². The summed E-state index contributed by atoms with van der Waals surface area (Å²) in [6.45, 7) is 5.45. The number of halogens is 1. The number of aryl methyl sites for hydroxylation is 1. The largest absolute Gasteiger partial charge is 0.296 e. The van der Waals surface area contributed by atoms with Gasteiger partial charge in [-0.1, -0.05) is 13.8 Å². The van der Waals surface area contributed by atoms with Gasteiger partial charge in [0.1, 0.15) is 0 Å². The molecule has 19 heavy (non-hydrogen) atoms. The molecule has 100 valence electrons. The van der Waals surface area contributed by atoms with Crippen LogP contribution in [0, 0.1) is 16.4 Å². The molecule has 0 fully saturated rings. The predicted molar refractivity (Wildman–Crippen MR) is 83.3 cm³/mol. The second-order valence-electron chi connectivity index (χ2n) is 4.68. The second kappa shape index (κ2) is 5.28. The van der Waals surface area contributed by atoms with Crippen molar-refractivity contribution in [1.29, 1.82) is 0 Å². The number of nitrogens with zero attached hydrogens (tertiary/aromatic N) is 1. The third kappa shape index (κ3) is 2.94. The highest BCUT2D eigenvalue weighted by atomic mass is 127. The Kier molecular flexibility index (Phi) is 3.88. The normalized spacial score (nSPS) is 11.0. The van der Waals surface area contributed by atoms with E-state index in [9.17, 15) is 9.59 Å². The van der Waals surface area contributed by atoms with E-state index in [1.54, 1.807) is 19.9 Å². The third-order valence-corrected chi connectivity index (χ3v) is 3.35. The van der Waals surface area contributed by atoms with Gasteiger partial charge < -0.3 is 0 Å². The van der Waals surface area contributed by atoms with Gasteiger partial charge in [-0.15, -0.1) is 0 Å². The molecule has 6 heteroatoms. The number of anilines is 1. The highest BCUT2D eigenvalue weighted by molar-refractivity contribution is 14.1. The molecule has 0 bridgehead atoms. The number of carbonyl (C=O) groups is 1. The first-order valence-corrected chi connectivity index (χ1v) is 6.97. The van der Waals surface area contributed by atoms with Crippen LogP contribution in [-0.4, -0.2) is 15.9 Å². The Bertz CT molecular complexity index is 707. The average molecular weight is 371 g/mol. The van der Waals surface area contributed by atoms with Gasteiger partial charge in [0.2, 0.25) is 11.9 Å². The van der Waals surface area contributed by atoms with Crippen LogP contribution in [0.15, 0.2) is 16.9 Å². The van der Waals surface area contributed by atoms with Crippen molar-refractivity contribution in [3.63, 3.8) is 0 Å². The number of aromatic nitrogens is 2. The number of carbonyl (C=O) groups excluding carboxylic acids is 1. The highest BCUT2D eigenvalue weighted by Gasteiger charge is 2.11. The maximum Gasteiger partial charge on any atom is 0.260 e. The monoisotopic (exact) mass is 371 g/mol. The number of hydrogen-bond acceptors (Lipinski definition) is 3. The Balaban J connectivity index is 2.56. The van der Waals surface area contributed by atoms with Crippen molar-refractivity contribution in [2.24, 2.45) is 5.92 Å². The topological polar surface area (TPSA) is 74.8 Å². The van der Waals surface area contributed by atoms with Crippen molar-refractivity contribution in [2.75, 3.05) is 5.32 Å². The van der Waals surface area contributed by atoms with Crippen LogP contribution >= 0.6 is 22.6 Å². The van der Waals surface area contributed by atoms with Gasteiger partial charge in [-0.25, -0.2) is 4.98 Å². The standard InChI is InChI=1S/C13H14IN3O2/c1-6(2)11(18)16-13-15-10-7(3)4-8(14)5-9(10)12(19)17-13/h4-6H,1-3H3,(H2,15,16,17,18,19). The smallest absolute Gasteiger partial charge is 0.260 e. The summed E-state index contributed by atoms with van der Waals surface area (Å²) < 4.78 is 0.980. The van der Waals surface area contributed by atoms with E-state index in [0.717, 1.165) is 9.13 Å². The maximum absolute atomic E-state index is 12.0. The van der Waals surface area contributed by atoms with E-state index in [-0.39, 0.29) is 23.3 Å².